The molecule has 0 aliphatic heterocycles. The molecule has 0 aromatic carbocycles. The lowest BCUT2D eigenvalue weighted by molar-refractivity contribution is 0.830. The fourth-order valence-electron chi connectivity index (χ4n) is 2.29. The fourth-order valence-corrected chi connectivity index (χ4v) is 2.29. The first-order chi connectivity index (χ1) is 10.2. The Morgan fingerprint density at radius 3 is 2.57 bits per heavy atom. The molecular weight excluding hydrogens is 260 g/mol. The summed E-state index contributed by atoms with van der Waals surface area (Å²) in [6.45, 7) is 9.40. The number of aryl methyl sites for hydroxylation is 2. The van der Waals surface area contributed by atoms with E-state index in [0.717, 1.165) is 54.3 Å². The van der Waals surface area contributed by atoms with Gasteiger partial charge in [0, 0.05) is 36.5 Å². The lowest BCUT2D eigenvalue weighted by Gasteiger charge is -2.14. The summed E-state index contributed by atoms with van der Waals surface area (Å²) >= 11 is 0. The molecular formula is C17H24N4. The van der Waals surface area contributed by atoms with E-state index in [1.54, 1.807) is 0 Å². The lowest BCUT2D eigenvalue weighted by atomic mass is 10.0. The van der Waals surface area contributed by atoms with E-state index in [4.69, 9.17) is 4.98 Å². The minimum atomic E-state index is 0.896. The van der Waals surface area contributed by atoms with Crippen molar-refractivity contribution < 1.29 is 0 Å². The smallest absolute Gasteiger partial charge is 0.133 e. The second-order valence-electron chi connectivity index (χ2n) is 5.33. The minimum Gasteiger partial charge on any atom is -0.370 e. The van der Waals surface area contributed by atoms with Crippen LogP contribution in [0.15, 0.2) is 18.5 Å². The SMILES string of the molecule is CCCNc1nc(CCC)nc(-c2cnccc2C)c1C. The Hall–Kier alpha value is -1.97. The predicted molar refractivity (Wildman–Crippen MR) is 87.5 cm³/mol. The Balaban J connectivity index is 2.53. The summed E-state index contributed by atoms with van der Waals surface area (Å²) in [5.41, 5.74) is 4.38. The van der Waals surface area contributed by atoms with Crippen LogP contribution in [0.1, 0.15) is 43.6 Å². The van der Waals surface area contributed by atoms with E-state index < -0.39 is 0 Å². The van der Waals surface area contributed by atoms with Gasteiger partial charge in [-0.2, -0.15) is 0 Å². The molecule has 2 aromatic heterocycles. The minimum absolute atomic E-state index is 0.896. The third-order valence-corrected chi connectivity index (χ3v) is 3.50. The highest BCUT2D eigenvalue weighted by molar-refractivity contribution is 5.70. The molecule has 0 unspecified atom stereocenters. The first kappa shape index (κ1) is 15.4. The highest BCUT2D eigenvalue weighted by Crippen LogP contribution is 2.27. The van der Waals surface area contributed by atoms with E-state index in [-0.39, 0.29) is 0 Å². The van der Waals surface area contributed by atoms with Gasteiger partial charge in [0.2, 0.25) is 0 Å². The van der Waals surface area contributed by atoms with Gasteiger partial charge < -0.3 is 5.32 Å². The second-order valence-corrected chi connectivity index (χ2v) is 5.33. The molecule has 4 nitrogen and oxygen atoms in total. The van der Waals surface area contributed by atoms with Crippen LogP contribution in [0, 0.1) is 13.8 Å². The van der Waals surface area contributed by atoms with Crippen LogP contribution in [0.5, 0.6) is 0 Å². The molecule has 2 aromatic rings. The maximum atomic E-state index is 4.77. The summed E-state index contributed by atoms with van der Waals surface area (Å²) in [7, 11) is 0. The Kier molecular flexibility index (Phi) is 5.26. The Bertz CT molecular complexity index is 608. The standard InChI is InChI=1S/C17H24N4/c1-5-7-15-20-16(14-11-18-10-8-12(14)3)13(4)17(21-15)19-9-6-2/h8,10-11H,5-7,9H2,1-4H3,(H,19,20,21). The normalized spacial score (nSPS) is 10.7. The molecule has 0 atom stereocenters. The van der Waals surface area contributed by atoms with Crippen molar-refractivity contribution in [3.05, 3.63) is 35.4 Å². The number of hydrogen-bond acceptors (Lipinski definition) is 4. The van der Waals surface area contributed by atoms with Gasteiger partial charge in [-0.1, -0.05) is 13.8 Å². The lowest BCUT2D eigenvalue weighted by Crippen LogP contribution is -2.09. The van der Waals surface area contributed by atoms with Crippen LogP contribution in [-0.4, -0.2) is 21.5 Å². The van der Waals surface area contributed by atoms with E-state index in [0.29, 0.717) is 0 Å². The molecule has 1 N–H and O–H groups in total. The van der Waals surface area contributed by atoms with Crippen molar-refractivity contribution in [3.63, 3.8) is 0 Å². The van der Waals surface area contributed by atoms with E-state index in [1.165, 1.54) is 5.56 Å². The third kappa shape index (κ3) is 3.57. The zero-order valence-corrected chi connectivity index (χ0v) is 13.4. The average Bonchev–Trinajstić information content (AvgIpc) is 2.48. The molecule has 2 rings (SSSR count). The molecule has 0 aliphatic rings. The van der Waals surface area contributed by atoms with Crippen molar-refractivity contribution >= 4 is 5.82 Å². The molecule has 0 amide bonds. The van der Waals surface area contributed by atoms with Gasteiger partial charge in [-0.15, -0.1) is 0 Å². The number of nitrogens with zero attached hydrogens (tertiary/aromatic N) is 3. The zero-order valence-electron chi connectivity index (χ0n) is 13.4. The average molecular weight is 284 g/mol. The highest BCUT2D eigenvalue weighted by atomic mass is 15.0. The molecule has 0 fully saturated rings. The van der Waals surface area contributed by atoms with Gasteiger partial charge >= 0.3 is 0 Å². The van der Waals surface area contributed by atoms with Crippen molar-refractivity contribution in [2.24, 2.45) is 0 Å². The van der Waals surface area contributed by atoms with Gasteiger partial charge in [-0.3, -0.25) is 4.98 Å². The molecule has 0 bridgehead atoms. The summed E-state index contributed by atoms with van der Waals surface area (Å²) < 4.78 is 0. The van der Waals surface area contributed by atoms with Crippen molar-refractivity contribution in [1.82, 2.24) is 15.0 Å². The molecule has 21 heavy (non-hydrogen) atoms. The van der Waals surface area contributed by atoms with Crippen LogP contribution in [0.2, 0.25) is 0 Å². The number of rotatable bonds is 6. The summed E-state index contributed by atoms with van der Waals surface area (Å²) in [6, 6.07) is 2.02. The van der Waals surface area contributed by atoms with E-state index >= 15 is 0 Å². The van der Waals surface area contributed by atoms with Gasteiger partial charge in [0.25, 0.3) is 0 Å². The van der Waals surface area contributed by atoms with E-state index in [1.807, 2.05) is 18.5 Å². The Morgan fingerprint density at radius 1 is 1.10 bits per heavy atom. The van der Waals surface area contributed by atoms with Crippen LogP contribution < -0.4 is 5.32 Å². The number of aromatic nitrogens is 3. The zero-order chi connectivity index (χ0) is 15.2. The highest BCUT2D eigenvalue weighted by Gasteiger charge is 2.13. The van der Waals surface area contributed by atoms with Crippen LogP contribution in [0.4, 0.5) is 5.82 Å². The van der Waals surface area contributed by atoms with Crippen molar-refractivity contribution in [1.29, 1.82) is 0 Å². The maximum absolute atomic E-state index is 4.77. The topological polar surface area (TPSA) is 50.7 Å². The Morgan fingerprint density at radius 2 is 1.90 bits per heavy atom. The first-order valence-electron chi connectivity index (χ1n) is 7.69. The van der Waals surface area contributed by atoms with Gasteiger partial charge in [0.1, 0.15) is 11.6 Å². The largest absolute Gasteiger partial charge is 0.370 e. The second kappa shape index (κ2) is 7.16. The summed E-state index contributed by atoms with van der Waals surface area (Å²) in [6.07, 6.45) is 6.73. The third-order valence-electron chi connectivity index (χ3n) is 3.50. The quantitative estimate of drug-likeness (QED) is 0.873. The van der Waals surface area contributed by atoms with Gasteiger partial charge in [0.15, 0.2) is 0 Å². The summed E-state index contributed by atoms with van der Waals surface area (Å²) in [5, 5.41) is 3.42. The number of anilines is 1. The van der Waals surface area contributed by atoms with Crippen LogP contribution >= 0.6 is 0 Å². The predicted octanol–water partition coefficient (Wildman–Crippen LogP) is 3.93. The molecule has 0 saturated carbocycles. The molecule has 0 aliphatic carbocycles. The number of nitrogens with one attached hydrogen (secondary N) is 1. The molecule has 0 radical (unpaired) electrons. The maximum Gasteiger partial charge on any atom is 0.133 e. The number of pyridine rings is 1. The Labute approximate surface area is 127 Å². The van der Waals surface area contributed by atoms with Crippen molar-refractivity contribution in [2.75, 3.05) is 11.9 Å². The van der Waals surface area contributed by atoms with Crippen LogP contribution in [-0.2, 0) is 6.42 Å². The summed E-state index contributed by atoms with van der Waals surface area (Å²) in [4.78, 5) is 13.7. The summed E-state index contributed by atoms with van der Waals surface area (Å²) in [5.74, 6) is 1.86. The van der Waals surface area contributed by atoms with Crippen molar-refractivity contribution in [2.45, 2.75) is 47.0 Å². The van der Waals surface area contributed by atoms with E-state index in [9.17, 15) is 0 Å². The van der Waals surface area contributed by atoms with Gasteiger partial charge in [-0.05, 0) is 38.3 Å². The molecule has 112 valence electrons. The van der Waals surface area contributed by atoms with E-state index in [2.05, 4.69) is 43.0 Å². The molecule has 0 spiro atoms. The number of hydrogen-bond donors (Lipinski definition) is 1. The monoisotopic (exact) mass is 284 g/mol. The fraction of sp³-hybridized carbons (Fsp3) is 0.471. The van der Waals surface area contributed by atoms with Gasteiger partial charge in [0.05, 0.1) is 5.69 Å². The molecule has 0 saturated heterocycles. The van der Waals surface area contributed by atoms with Gasteiger partial charge in [-0.25, -0.2) is 9.97 Å². The molecule has 4 heteroatoms. The first-order valence-corrected chi connectivity index (χ1v) is 7.69. The molecule has 2 heterocycles. The van der Waals surface area contributed by atoms with Crippen molar-refractivity contribution in [3.8, 4) is 11.3 Å². The van der Waals surface area contributed by atoms with Crippen LogP contribution in [0.3, 0.4) is 0 Å². The van der Waals surface area contributed by atoms with Crippen LogP contribution in [0.25, 0.3) is 11.3 Å².